The number of hydrogen-bond acceptors (Lipinski definition) is 4. The van der Waals surface area contributed by atoms with E-state index in [4.69, 9.17) is 5.73 Å². The second kappa shape index (κ2) is 3.30. The summed E-state index contributed by atoms with van der Waals surface area (Å²) >= 11 is 0. The Morgan fingerprint density at radius 2 is 1.94 bits per heavy atom. The molecule has 0 radical (unpaired) electrons. The minimum atomic E-state index is 0.601. The second-order valence-electron chi connectivity index (χ2n) is 3.44. The number of benzene rings is 1. The highest BCUT2D eigenvalue weighted by Crippen LogP contribution is 2.21. The SMILES string of the molecule is Nc1ccnn1-c1cccc2cnncc12. The van der Waals surface area contributed by atoms with Crippen molar-refractivity contribution in [3.8, 4) is 5.69 Å². The van der Waals surface area contributed by atoms with Crippen molar-refractivity contribution in [1.82, 2.24) is 20.0 Å². The first kappa shape index (κ1) is 8.84. The van der Waals surface area contributed by atoms with Gasteiger partial charge in [-0.1, -0.05) is 12.1 Å². The van der Waals surface area contributed by atoms with Gasteiger partial charge in [-0.2, -0.15) is 15.3 Å². The van der Waals surface area contributed by atoms with Gasteiger partial charge in [-0.25, -0.2) is 4.68 Å². The molecule has 1 aromatic carbocycles. The average molecular weight is 211 g/mol. The molecule has 0 aliphatic heterocycles. The molecule has 2 aromatic heterocycles. The number of hydrogen-bond donors (Lipinski definition) is 1. The van der Waals surface area contributed by atoms with Crippen molar-refractivity contribution in [1.29, 1.82) is 0 Å². The minimum Gasteiger partial charge on any atom is -0.384 e. The summed E-state index contributed by atoms with van der Waals surface area (Å²) in [5.74, 6) is 0.601. The smallest absolute Gasteiger partial charge is 0.127 e. The Morgan fingerprint density at radius 1 is 1.06 bits per heavy atom. The van der Waals surface area contributed by atoms with Gasteiger partial charge in [-0.15, -0.1) is 0 Å². The topological polar surface area (TPSA) is 69.6 Å². The van der Waals surface area contributed by atoms with Crippen molar-refractivity contribution in [3.63, 3.8) is 0 Å². The summed E-state index contributed by atoms with van der Waals surface area (Å²) < 4.78 is 1.68. The van der Waals surface area contributed by atoms with Gasteiger partial charge in [0.2, 0.25) is 0 Å². The van der Waals surface area contributed by atoms with Gasteiger partial charge in [-0.05, 0) is 6.07 Å². The minimum absolute atomic E-state index is 0.601. The number of nitrogen functional groups attached to an aromatic ring is 1. The fraction of sp³-hybridized carbons (Fsp3) is 0. The summed E-state index contributed by atoms with van der Waals surface area (Å²) in [6, 6.07) is 7.63. The quantitative estimate of drug-likeness (QED) is 0.660. The highest BCUT2D eigenvalue weighted by Gasteiger charge is 2.06. The van der Waals surface area contributed by atoms with Crippen LogP contribution in [0, 0.1) is 0 Å². The van der Waals surface area contributed by atoms with Gasteiger partial charge in [0, 0.05) is 16.8 Å². The molecule has 0 aliphatic carbocycles. The fourth-order valence-corrected chi connectivity index (χ4v) is 1.71. The van der Waals surface area contributed by atoms with E-state index in [-0.39, 0.29) is 0 Å². The lowest BCUT2D eigenvalue weighted by Gasteiger charge is -2.06. The molecule has 5 nitrogen and oxygen atoms in total. The molecule has 0 amide bonds. The van der Waals surface area contributed by atoms with E-state index >= 15 is 0 Å². The molecule has 0 aliphatic rings. The van der Waals surface area contributed by atoms with Gasteiger partial charge in [0.1, 0.15) is 5.82 Å². The molecule has 3 aromatic rings. The van der Waals surface area contributed by atoms with E-state index in [9.17, 15) is 0 Å². The molecule has 78 valence electrons. The van der Waals surface area contributed by atoms with E-state index in [1.807, 2.05) is 18.2 Å². The van der Waals surface area contributed by atoms with Gasteiger partial charge in [-0.3, -0.25) is 0 Å². The van der Waals surface area contributed by atoms with Crippen molar-refractivity contribution < 1.29 is 0 Å². The highest BCUT2D eigenvalue weighted by atomic mass is 15.3. The summed E-state index contributed by atoms with van der Waals surface area (Å²) in [6.07, 6.45) is 5.10. The third kappa shape index (κ3) is 1.22. The maximum atomic E-state index is 5.83. The Morgan fingerprint density at radius 3 is 2.75 bits per heavy atom. The molecule has 0 fully saturated rings. The Bertz CT molecular complexity index is 638. The predicted octanol–water partition coefficient (Wildman–Crippen LogP) is 1.40. The molecule has 2 N–H and O–H groups in total. The van der Waals surface area contributed by atoms with Crippen LogP contribution in [0.1, 0.15) is 0 Å². The van der Waals surface area contributed by atoms with Crippen molar-refractivity contribution in [2.75, 3.05) is 5.73 Å². The molecule has 5 heteroatoms. The van der Waals surface area contributed by atoms with E-state index in [0.29, 0.717) is 5.82 Å². The van der Waals surface area contributed by atoms with E-state index in [1.54, 1.807) is 29.3 Å². The van der Waals surface area contributed by atoms with Crippen LogP contribution < -0.4 is 5.73 Å². The van der Waals surface area contributed by atoms with Crippen LogP contribution in [0.2, 0.25) is 0 Å². The van der Waals surface area contributed by atoms with E-state index in [1.165, 1.54) is 0 Å². The average Bonchev–Trinajstić information content (AvgIpc) is 2.75. The highest BCUT2D eigenvalue weighted by molar-refractivity contribution is 5.89. The molecule has 0 bridgehead atoms. The van der Waals surface area contributed by atoms with Crippen LogP contribution in [-0.2, 0) is 0 Å². The molecule has 0 spiro atoms. The number of anilines is 1. The summed E-state index contributed by atoms with van der Waals surface area (Å²) in [6.45, 7) is 0. The largest absolute Gasteiger partial charge is 0.384 e. The van der Waals surface area contributed by atoms with Crippen molar-refractivity contribution in [2.45, 2.75) is 0 Å². The number of rotatable bonds is 1. The van der Waals surface area contributed by atoms with Gasteiger partial charge in [0.05, 0.1) is 24.3 Å². The van der Waals surface area contributed by atoms with Gasteiger partial charge >= 0.3 is 0 Å². The number of nitrogens with zero attached hydrogens (tertiary/aromatic N) is 4. The van der Waals surface area contributed by atoms with Crippen LogP contribution in [-0.4, -0.2) is 20.0 Å². The molecular weight excluding hydrogens is 202 g/mol. The first-order valence-electron chi connectivity index (χ1n) is 4.85. The second-order valence-corrected chi connectivity index (χ2v) is 3.44. The molecule has 0 saturated carbocycles. The van der Waals surface area contributed by atoms with E-state index in [2.05, 4.69) is 15.3 Å². The van der Waals surface area contributed by atoms with E-state index in [0.717, 1.165) is 16.5 Å². The van der Waals surface area contributed by atoms with Crippen LogP contribution >= 0.6 is 0 Å². The molecule has 3 rings (SSSR count). The van der Waals surface area contributed by atoms with Crippen molar-refractivity contribution in [3.05, 3.63) is 42.9 Å². The van der Waals surface area contributed by atoms with E-state index < -0.39 is 0 Å². The fourth-order valence-electron chi connectivity index (χ4n) is 1.71. The van der Waals surface area contributed by atoms with Crippen molar-refractivity contribution in [2.24, 2.45) is 0 Å². The predicted molar refractivity (Wildman–Crippen MR) is 61.1 cm³/mol. The van der Waals surface area contributed by atoms with Gasteiger partial charge in [0.25, 0.3) is 0 Å². The molecular formula is C11H9N5. The maximum Gasteiger partial charge on any atom is 0.127 e. The van der Waals surface area contributed by atoms with Crippen molar-refractivity contribution >= 4 is 16.6 Å². The summed E-state index contributed by atoms with van der Waals surface area (Å²) in [7, 11) is 0. The monoisotopic (exact) mass is 211 g/mol. The zero-order valence-corrected chi connectivity index (χ0v) is 8.41. The Kier molecular flexibility index (Phi) is 1.83. The molecule has 0 unspecified atom stereocenters. The third-order valence-electron chi connectivity index (χ3n) is 2.47. The number of aromatic nitrogens is 4. The maximum absolute atomic E-state index is 5.83. The first-order chi connectivity index (χ1) is 7.86. The standard InChI is InChI=1S/C11H9N5/c12-11-4-5-15-16(11)10-3-1-2-8-6-13-14-7-9(8)10/h1-7H,12H2. The Labute approximate surface area is 91.5 Å². The first-order valence-corrected chi connectivity index (χ1v) is 4.85. The van der Waals surface area contributed by atoms with Crippen LogP contribution in [0.15, 0.2) is 42.9 Å². The number of fused-ring (bicyclic) bond motifs is 1. The molecule has 0 saturated heterocycles. The van der Waals surface area contributed by atoms with Crippen LogP contribution in [0.25, 0.3) is 16.5 Å². The van der Waals surface area contributed by atoms with Gasteiger partial charge in [0.15, 0.2) is 0 Å². The van der Waals surface area contributed by atoms with Gasteiger partial charge < -0.3 is 5.73 Å². The molecule has 2 heterocycles. The van der Waals surface area contributed by atoms with Crippen LogP contribution in [0.3, 0.4) is 0 Å². The zero-order valence-electron chi connectivity index (χ0n) is 8.41. The molecule has 16 heavy (non-hydrogen) atoms. The molecule has 0 atom stereocenters. The Balaban J connectivity index is 2.36. The lowest BCUT2D eigenvalue weighted by Crippen LogP contribution is -2.02. The Hall–Kier alpha value is -2.43. The summed E-state index contributed by atoms with van der Waals surface area (Å²) in [4.78, 5) is 0. The zero-order chi connectivity index (χ0) is 11.0. The third-order valence-corrected chi connectivity index (χ3v) is 2.47. The van der Waals surface area contributed by atoms with Crippen LogP contribution in [0.4, 0.5) is 5.82 Å². The summed E-state index contributed by atoms with van der Waals surface area (Å²) in [5.41, 5.74) is 6.74. The lowest BCUT2D eigenvalue weighted by molar-refractivity contribution is 0.896. The lowest BCUT2D eigenvalue weighted by atomic mass is 10.2. The van der Waals surface area contributed by atoms with Crippen LogP contribution in [0.5, 0.6) is 0 Å². The summed E-state index contributed by atoms with van der Waals surface area (Å²) in [5, 5.41) is 13.9. The normalized spacial score (nSPS) is 10.8. The number of nitrogens with two attached hydrogens (primary N) is 1.